The summed E-state index contributed by atoms with van der Waals surface area (Å²) in [6.45, 7) is 0.901. The SMILES string of the molecule is O=[N+]([O-])c1n(Cc2ccc3ccccc3c2)cc[n+]1Cc1ccc2ccccc2c1. The van der Waals surface area contributed by atoms with Crippen LogP contribution in [0.15, 0.2) is 97.3 Å². The average molecular weight is 394 g/mol. The van der Waals surface area contributed by atoms with Crippen LogP contribution in [0.5, 0.6) is 0 Å². The molecule has 0 radical (unpaired) electrons. The summed E-state index contributed by atoms with van der Waals surface area (Å²) in [6.07, 6.45) is 3.57. The Morgan fingerprint density at radius 2 is 1.33 bits per heavy atom. The second-order valence-corrected chi connectivity index (χ2v) is 7.47. The van der Waals surface area contributed by atoms with Crippen molar-refractivity contribution >= 4 is 27.5 Å². The number of benzene rings is 4. The number of hydrogen-bond donors (Lipinski definition) is 0. The van der Waals surface area contributed by atoms with Crippen LogP contribution < -0.4 is 4.57 Å². The molecule has 1 heterocycles. The molecule has 5 rings (SSSR count). The van der Waals surface area contributed by atoms with Crippen molar-refractivity contribution in [1.82, 2.24) is 4.57 Å². The topological polar surface area (TPSA) is 52.0 Å². The second kappa shape index (κ2) is 7.44. The molecule has 0 aliphatic heterocycles. The van der Waals surface area contributed by atoms with Crippen molar-refractivity contribution in [3.8, 4) is 0 Å². The molecule has 0 saturated heterocycles. The number of imidazole rings is 1. The van der Waals surface area contributed by atoms with Crippen molar-refractivity contribution in [2.24, 2.45) is 0 Å². The molecule has 1 aromatic heterocycles. The number of aromatic nitrogens is 2. The zero-order chi connectivity index (χ0) is 20.5. The van der Waals surface area contributed by atoms with Gasteiger partial charge in [0.2, 0.25) is 0 Å². The van der Waals surface area contributed by atoms with Crippen LogP contribution in [0.4, 0.5) is 5.95 Å². The van der Waals surface area contributed by atoms with Gasteiger partial charge in [-0.1, -0.05) is 72.8 Å². The molecule has 0 unspecified atom stereocenters. The largest absolute Gasteiger partial charge is 0.580 e. The monoisotopic (exact) mass is 394 g/mol. The lowest BCUT2D eigenvalue weighted by atomic mass is 10.1. The maximum absolute atomic E-state index is 11.9. The zero-order valence-corrected chi connectivity index (χ0v) is 16.3. The van der Waals surface area contributed by atoms with E-state index in [0.717, 1.165) is 32.7 Å². The predicted molar refractivity (Wildman–Crippen MR) is 117 cm³/mol. The van der Waals surface area contributed by atoms with Crippen LogP contribution >= 0.6 is 0 Å². The van der Waals surface area contributed by atoms with Gasteiger partial charge in [0.1, 0.15) is 13.1 Å². The standard InChI is InChI=1S/C25H20N3O2/c29-28(30)25-26(17-19-9-11-21-5-1-3-7-23(21)15-19)13-14-27(25)18-20-10-12-22-6-2-4-8-24(22)16-20/h1-16H,17-18H2/q+1. The Labute approximate surface area is 173 Å². The van der Waals surface area contributed by atoms with Crippen LogP contribution in [0.1, 0.15) is 11.1 Å². The molecule has 0 spiro atoms. The van der Waals surface area contributed by atoms with Crippen LogP contribution in [-0.2, 0) is 13.1 Å². The van der Waals surface area contributed by atoms with Gasteiger partial charge in [-0.15, -0.1) is 9.13 Å². The second-order valence-electron chi connectivity index (χ2n) is 7.47. The van der Waals surface area contributed by atoms with Crippen LogP contribution in [0.25, 0.3) is 21.5 Å². The van der Waals surface area contributed by atoms with Crippen LogP contribution in [-0.4, -0.2) is 9.49 Å². The van der Waals surface area contributed by atoms with Gasteiger partial charge in [0, 0.05) is 11.1 Å². The van der Waals surface area contributed by atoms with E-state index in [9.17, 15) is 10.1 Å². The summed E-state index contributed by atoms with van der Waals surface area (Å²) in [6, 6.07) is 28.6. The van der Waals surface area contributed by atoms with Crippen molar-refractivity contribution in [2.75, 3.05) is 0 Å². The summed E-state index contributed by atoms with van der Waals surface area (Å²) in [5, 5.41) is 16.5. The molecule has 0 aliphatic carbocycles. The quantitative estimate of drug-likeness (QED) is 0.237. The number of fused-ring (bicyclic) bond motifs is 2. The fourth-order valence-electron chi connectivity index (χ4n) is 3.98. The summed E-state index contributed by atoms with van der Waals surface area (Å²) in [5.41, 5.74) is 2.07. The summed E-state index contributed by atoms with van der Waals surface area (Å²) in [7, 11) is 0. The van der Waals surface area contributed by atoms with Crippen molar-refractivity contribution in [3.05, 3.63) is 119 Å². The molecule has 4 aromatic carbocycles. The van der Waals surface area contributed by atoms with Gasteiger partial charge in [-0.2, -0.15) is 0 Å². The molecular weight excluding hydrogens is 374 g/mol. The summed E-state index contributed by atoms with van der Waals surface area (Å²) >= 11 is 0. The van der Waals surface area contributed by atoms with Crippen LogP contribution in [0.3, 0.4) is 0 Å². The van der Waals surface area contributed by atoms with Gasteiger partial charge in [0.15, 0.2) is 12.4 Å². The number of nitro groups is 1. The van der Waals surface area contributed by atoms with Gasteiger partial charge in [-0.05, 0) is 33.7 Å². The summed E-state index contributed by atoms with van der Waals surface area (Å²) in [5.74, 6) is 0.0799. The highest BCUT2D eigenvalue weighted by molar-refractivity contribution is 5.83. The van der Waals surface area contributed by atoms with Gasteiger partial charge in [-0.3, -0.25) is 0 Å². The highest BCUT2D eigenvalue weighted by Crippen LogP contribution is 2.19. The van der Waals surface area contributed by atoms with E-state index in [1.54, 1.807) is 21.5 Å². The highest BCUT2D eigenvalue weighted by Gasteiger charge is 2.29. The van der Waals surface area contributed by atoms with E-state index < -0.39 is 0 Å². The maximum Gasteiger partial charge on any atom is 0.580 e. The Kier molecular flexibility index (Phi) is 4.48. The van der Waals surface area contributed by atoms with E-state index >= 15 is 0 Å². The smallest absolute Gasteiger partial charge is 0.320 e. The molecule has 0 amide bonds. The molecule has 0 N–H and O–H groups in total. The van der Waals surface area contributed by atoms with Gasteiger partial charge < -0.3 is 10.1 Å². The summed E-state index contributed by atoms with van der Waals surface area (Å²) < 4.78 is 3.40. The van der Waals surface area contributed by atoms with Crippen LogP contribution in [0, 0.1) is 10.1 Å². The molecule has 146 valence electrons. The minimum absolute atomic E-state index is 0.0799. The predicted octanol–water partition coefficient (Wildman–Crippen LogP) is 5.09. The van der Waals surface area contributed by atoms with Crippen molar-refractivity contribution in [1.29, 1.82) is 0 Å². The number of nitrogens with zero attached hydrogens (tertiary/aromatic N) is 3. The first-order chi connectivity index (χ1) is 14.7. The molecule has 0 fully saturated rings. The van der Waals surface area contributed by atoms with Gasteiger partial charge in [0.25, 0.3) is 0 Å². The van der Waals surface area contributed by atoms with Gasteiger partial charge in [0.05, 0.1) is 4.92 Å². The number of hydrogen-bond acceptors (Lipinski definition) is 2. The minimum atomic E-state index is -0.303. The van der Waals surface area contributed by atoms with E-state index in [4.69, 9.17) is 0 Å². The van der Waals surface area contributed by atoms with Crippen LogP contribution in [0.2, 0.25) is 0 Å². The van der Waals surface area contributed by atoms with Crippen molar-refractivity contribution in [2.45, 2.75) is 13.1 Å². The Morgan fingerprint density at radius 1 is 0.767 bits per heavy atom. The highest BCUT2D eigenvalue weighted by atomic mass is 16.6. The first kappa shape index (κ1) is 18.1. The first-order valence-electron chi connectivity index (χ1n) is 9.86. The molecule has 5 heteroatoms. The van der Waals surface area contributed by atoms with Gasteiger partial charge >= 0.3 is 5.95 Å². The molecule has 0 saturated carbocycles. The minimum Gasteiger partial charge on any atom is -0.320 e. The lowest BCUT2D eigenvalue weighted by Gasteiger charge is -2.03. The lowest BCUT2D eigenvalue weighted by molar-refractivity contribution is -0.729. The maximum atomic E-state index is 11.9. The van der Waals surface area contributed by atoms with E-state index in [1.165, 1.54) is 0 Å². The summed E-state index contributed by atoms with van der Waals surface area (Å²) in [4.78, 5) is 11.6. The van der Waals surface area contributed by atoms with E-state index in [0.29, 0.717) is 13.1 Å². The van der Waals surface area contributed by atoms with E-state index in [1.807, 2.05) is 36.4 Å². The number of rotatable bonds is 5. The zero-order valence-electron chi connectivity index (χ0n) is 16.3. The Hall–Kier alpha value is -3.99. The Morgan fingerprint density at radius 3 is 1.97 bits per heavy atom. The molecule has 0 atom stereocenters. The average Bonchev–Trinajstić information content (AvgIpc) is 3.15. The molecule has 30 heavy (non-hydrogen) atoms. The third kappa shape index (κ3) is 3.42. The third-order valence-electron chi connectivity index (χ3n) is 5.44. The fourth-order valence-corrected chi connectivity index (χ4v) is 3.98. The molecule has 0 bridgehead atoms. The Balaban J connectivity index is 1.47. The van der Waals surface area contributed by atoms with E-state index in [-0.39, 0.29) is 10.9 Å². The fraction of sp³-hybridized carbons (Fsp3) is 0.0800. The lowest BCUT2D eigenvalue weighted by Crippen LogP contribution is -2.35. The molecular formula is C25H20N3O2+. The van der Waals surface area contributed by atoms with Crippen molar-refractivity contribution in [3.63, 3.8) is 0 Å². The third-order valence-corrected chi connectivity index (χ3v) is 5.44. The normalized spacial score (nSPS) is 11.2. The molecule has 0 aliphatic rings. The molecule has 5 nitrogen and oxygen atoms in total. The van der Waals surface area contributed by atoms with Gasteiger partial charge in [-0.25, -0.2) is 0 Å². The van der Waals surface area contributed by atoms with Crippen molar-refractivity contribution < 1.29 is 9.49 Å². The van der Waals surface area contributed by atoms with E-state index in [2.05, 4.69) is 48.5 Å². The molecule has 5 aromatic rings. The Bertz CT molecular complexity index is 1290. The first-order valence-corrected chi connectivity index (χ1v) is 9.86.